The molecule has 1 heterocycles. The lowest BCUT2D eigenvalue weighted by molar-refractivity contribution is -0.154. The van der Waals surface area contributed by atoms with Gasteiger partial charge in [0.2, 0.25) is 17.7 Å². The van der Waals surface area contributed by atoms with Gasteiger partial charge in [-0.15, -0.1) is 0 Å². The quantitative estimate of drug-likeness (QED) is 0.0602. The van der Waals surface area contributed by atoms with Gasteiger partial charge in [-0.05, 0) is 72.9 Å². The fraction of sp³-hybridized carbons (Fsp3) is 0.306. The molecule has 0 unspecified atom stereocenters. The van der Waals surface area contributed by atoms with Crippen LogP contribution in [0, 0.1) is 0 Å². The van der Waals surface area contributed by atoms with Crippen molar-refractivity contribution in [3.63, 3.8) is 0 Å². The molecule has 20 heteroatoms. The van der Waals surface area contributed by atoms with E-state index in [2.05, 4.69) is 36.2 Å². The second kappa shape index (κ2) is 17.2. The number of Topliss-reactive ketones (excluding diaryl/α,β-unsaturated/α-hetero) is 1. The Labute approximate surface area is 319 Å². The van der Waals surface area contributed by atoms with Crippen LogP contribution in [0.15, 0.2) is 72.8 Å². The molecule has 2 amide bonds. The van der Waals surface area contributed by atoms with Crippen LogP contribution in [0.3, 0.4) is 0 Å². The third-order valence-electron chi connectivity index (χ3n) is 8.26. The monoisotopic (exact) mass is 807 g/mol. The lowest BCUT2D eigenvalue weighted by atomic mass is 10.1. The lowest BCUT2D eigenvalue weighted by Crippen LogP contribution is -2.44. The number of carbonyl (C=O) groups is 4. The summed E-state index contributed by atoms with van der Waals surface area (Å²) in [5.74, 6) is -3.96. The average molecular weight is 808 g/mol. The summed E-state index contributed by atoms with van der Waals surface area (Å²) in [5, 5.41) is 11.3. The highest BCUT2D eigenvalue weighted by atomic mass is 35.5. The van der Waals surface area contributed by atoms with Crippen LogP contribution < -0.4 is 26.0 Å². The second-order valence-corrected chi connectivity index (χ2v) is 12.9. The van der Waals surface area contributed by atoms with Gasteiger partial charge in [-0.1, -0.05) is 41.9 Å². The van der Waals surface area contributed by atoms with E-state index in [0.29, 0.717) is 23.6 Å². The summed E-state index contributed by atoms with van der Waals surface area (Å²) in [6.07, 6.45) is -8.74. The van der Waals surface area contributed by atoms with E-state index in [4.69, 9.17) is 21.1 Å². The van der Waals surface area contributed by atoms with Crippen LogP contribution in [-0.4, -0.2) is 71.0 Å². The minimum absolute atomic E-state index is 0.0209. The standard InChI is InChI=1S/C36H32ClF6N7O6/c1-55-30(54)26(13-16-44-29(53)27(51)18-20-3-2-4-23(17-20)36(41,42)43)46-28(52)21-5-11-25(12-6-21)45-31-47-32(49-33(48-31)56-19-35(38,39)40)50-34(14-15-34)22-7-9-24(37)10-8-22/h2-12,17,26H,13-16,18-19H2,1H3,(H,44,53)(H,46,52)(H2,45,47,48,49,50)/t26-/m0/s1. The second-order valence-electron chi connectivity index (χ2n) is 12.5. The van der Waals surface area contributed by atoms with E-state index in [-0.39, 0.29) is 36.0 Å². The Balaban J connectivity index is 1.20. The number of methoxy groups -OCH3 is 1. The van der Waals surface area contributed by atoms with Gasteiger partial charge in [-0.2, -0.15) is 41.3 Å². The normalized spacial score (nSPS) is 13.9. The Hall–Kier alpha value is -5.98. The van der Waals surface area contributed by atoms with Crippen molar-refractivity contribution in [2.45, 2.75) is 49.6 Å². The first kappa shape index (κ1) is 41.2. The van der Waals surface area contributed by atoms with E-state index in [1.807, 2.05) is 12.1 Å². The third-order valence-corrected chi connectivity index (χ3v) is 8.51. The van der Waals surface area contributed by atoms with E-state index in [1.54, 1.807) is 12.1 Å². The summed E-state index contributed by atoms with van der Waals surface area (Å²) in [5.41, 5.74) is -0.338. The smallest absolute Gasteiger partial charge is 0.422 e. The minimum atomic E-state index is -4.66. The summed E-state index contributed by atoms with van der Waals surface area (Å²) >= 11 is 6.01. The van der Waals surface area contributed by atoms with Gasteiger partial charge in [0.25, 0.3) is 11.8 Å². The summed E-state index contributed by atoms with van der Waals surface area (Å²) in [6.45, 7) is -1.93. The van der Waals surface area contributed by atoms with Crippen LogP contribution in [0.25, 0.3) is 0 Å². The number of amides is 2. The Morgan fingerprint density at radius 3 is 2.20 bits per heavy atom. The fourth-order valence-corrected chi connectivity index (χ4v) is 5.42. The highest BCUT2D eigenvalue weighted by molar-refractivity contribution is 6.36. The number of nitrogens with one attached hydrogen (secondary N) is 4. The van der Waals surface area contributed by atoms with Gasteiger partial charge in [-0.3, -0.25) is 14.4 Å². The number of halogens is 7. The Kier molecular flexibility index (Phi) is 12.7. The van der Waals surface area contributed by atoms with Gasteiger partial charge < -0.3 is 30.7 Å². The molecule has 0 spiro atoms. The van der Waals surface area contributed by atoms with Crippen LogP contribution in [0.2, 0.25) is 5.02 Å². The van der Waals surface area contributed by atoms with Gasteiger partial charge in [0.05, 0.1) is 18.2 Å². The number of carbonyl (C=O) groups excluding carboxylic acids is 4. The van der Waals surface area contributed by atoms with Crippen molar-refractivity contribution in [2.24, 2.45) is 0 Å². The molecule has 1 atom stereocenters. The fourth-order valence-electron chi connectivity index (χ4n) is 5.29. The van der Waals surface area contributed by atoms with E-state index in [1.165, 1.54) is 30.3 Å². The molecule has 0 bridgehead atoms. The Morgan fingerprint density at radius 1 is 0.893 bits per heavy atom. The van der Waals surface area contributed by atoms with E-state index in [9.17, 15) is 45.5 Å². The van der Waals surface area contributed by atoms with Gasteiger partial charge in [-0.25, -0.2) is 4.79 Å². The highest BCUT2D eigenvalue weighted by Crippen LogP contribution is 2.48. The molecule has 5 rings (SSSR count). The zero-order valence-corrected chi connectivity index (χ0v) is 29.9. The van der Waals surface area contributed by atoms with Crippen molar-refractivity contribution in [3.05, 3.63) is 100 Å². The molecule has 56 heavy (non-hydrogen) atoms. The molecule has 1 fully saturated rings. The number of aromatic nitrogens is 3. The van der Waals surface area contributed by atoms with Crippen molar-refractivity contribution in [2.75, 3.05) is 30.9 Å². The van der Waals surface area contributed by atoms with Crippen molar-refractivity contribution in [1.82, 2.24) is 25.6 Å². The van der Waals surface area contributed by atoms with E-state index >= 15 is 0 Å². The van der Waals surface area contributed by atoms with Gasteiger partial charge in [0, 0.05) is 29.2 Å². The lowest BCUT2D eigenvalue weighted by Gasteiger charge is -2.19. The molecule has 13 nitrogen and oxygen atoms in total. The van der Waals surface area contributed by atoms with Crippen molar-refractivity contribution in [1.29, 1.82) is 0 Å². The molecule has 1 aliphatic rings. The van der Waals surface area contributed by atoms with Gasteiger partial charge in [0.15, 0.2) is 6.61 Å². The van der Waals surface area contributed by atoms with Crippen molar-refractivity contribution in [3.8, 4) is 6.01 Å². The summed E-state index contributed by atoms with van der Waals surface area (Å²) < 4.78 is 87.3. The zero-order valence-electron chi connectivity index (χ0n) is 29.2. The Morgan fingerprint density at radius 2 is 1.57 bits per heavy atom. The van der Waals surface area contributed by atoms with Crippen LogP contribution >= 0.6 is 11.6 Å². The molecule has 1 aromatic heterocycles. The third kappa shape index (κ3) is 11.5. The van der Waals surface area contributed by atoms with Crippen LogP contribution in [-0.2, 0) is 37.3 Å². The molecule has 3 aromatic carbocycles. The number of hydrogen-bond donors (Lipinski definition) is 4. The predicted octanol–water partition coefficient (Wildman–Crippen LogP) is 5.92. The first-order valence-electron chi connectivity index (χ1n) is 16.7. The molecule has 0 radical (unpaired) electrons. The Bertz CT molecular complexity index is 2060. The predicted molar refractivity (Wildman–Crippen MR) is 188 cm³/mol. The highest BCUT2D eigenvalue weighted by Gasteiger charge is 2.45. The molecule has 296 valence electrons. The first-order chi connectivity index (χ1) is 26.4. The number of esters is 1. The summed E-state index contributed by atoms with van der Waals surface area (Å²) in [6, 6.07) is 14.7. The first-order valence-corrected chi connectivity index (χ1v) is 17.0. The number of rotatable bonds is 16. The number of hydrogen-bond acceptors (Lipinski definition) is 11. The number of anilines is 3. The topological polar surface area (TPSA) is 174 Å². The summed E-state index contributed by atoms with van der Waals surface area (Å²) in [4.78, 5) is 62.4. The largest absolute Gasteiger partial charge is 0.467 e. The average Bonchev–Trinajstić information content (AvgIpc) is 3.93. The van der Waals surface area contributed by atoms with E-state index in [0.717, 1.165) is 30.9 Å². The summed E-state index contributed by atoms with van der Waals surface area (Å²) in [7, 11) is 1.07. The van der Waals surface area contributed by atoms with Crippen LogP contribution in [0.1, 0.15) is 46.3 Å². The minimum Gasteiger partial charge on any atom is -0.467 e. The van der Waals surface area contributed by atoms with Gasteiger partial charge in [0.1, 0.15) is 6.04 Å². The van der Waals surface area contributed by atoms with Crippen molar-refractivity contribution < 1.29 is 55.0 Å². The maximum atomic E-state index is 13.1. The molecule has 0 saturated heterocycles. The SMILES string of the molecule is COC(=O)[C@H](CCNC(=O)C(=O)Cc1cccc(C(F)(F)F)c1)NC(=O)c1ccc(Nc2nc(NC3(c4ccc(Cl)cc4)CC3)nc(OCC(F)(F)F)n2)cc1. The molecular weight excluding hydrogens is 776 g/mol. The molecule has 0 aliphatic heterocycles. The molecule has 1 saturated carbocycles. The molecule has 4 aromatic rings. The maximum Gasteiger partial charge on any atom is 0.422 e. The van der Waals surface area contributed by atoms with E-state index < -0.39 is 72.1 Å². The number of ketones is 1. The van der Waals surface area contributed by atoms with Crippen molar-refractivity contribution >= 4 is 52.8 Å². The number of ether oxygens (including phenoxy) is 2. The molecule has 4 N–H and O–H groups in total. The van der Waals surface area contributed by atoms with Crippen LogP contribution in [0.5, 0.6) is 6.01 Å². The van der Waals surface area contributed by atoms with Gasteiger partial charge >= 0.3 is 24.3 Å². The van der Waals surface area contributed by atoms with Crippen LogP contribution in [0.4, 0.5) is 43.9 Å². The number of alkyl halides is 6. The zero-order chi connectivity index (χ0) is 40.7. The number of benzene rings is 3. The molecule has 1 aliphatic carbocycles. The maximum absolute atomic E-state index is 13.1. The number of nitrogens with zero attached hydrogens (tertiary/aromatic N) is 3. The molecular formula is C36H32ClF6N7O6.